The van der Waals surface area contributed by atoms with Crippen molar-refractivity contribution < 1.29 is 24.3 Å². The maximum atomic E-state index is 13.6. The second kappa shape index (κ2) is 7.45. The van der Waals surface area contributed by atoms with Gasteiger partial charge in [-0.15, -0.1) is 0 Å². The number of benzene rings is 3. The number of phenolic OH excluding ortho intramolecular Hbond substituents is 1. The highest BCUT2D eigenvalue weighted by atomic mass is 16.7. The van der Waals surface area contributed by atoms with Gasteiger partial charge in [0.1, 0.15) is 17.4 Å². The van der Waals surface area contributed by atoms with Crippen molar-refractivity contribution in [3.05, 3.63) is 84.4 Å². The van der Waals surface area contributed by atoms with Crippen molar-refractivity contribution in [3.63, 3.8) is 0 Å². The normalized spacial score (nSPS) is 22.7. The molecule has 2 saturated heterocycles. The van der Waals surface area contributed by atoms with E-state index in [0.29, 0.717) is 11.4 Å². The van der Waals surface area contributed by atoms with Gasteiger partial charge in [-0.3, -0.25) is 14.4 Å². The topological polar surface area (TPSA) is 79.3 Å². The molecule has 5 rings (SSSR count). The lowest BCUT2D eigenvalue weighted by Crippen LogP contribution is -2.37. The molecule has 0 aromatic heterocycles. The third-order valence-electron chi connectivity index (χ3n) is 5.69. The van der Waals surface area contributed by atoms with Crippen LogP contribution in [0.25, 0.3) is 0 Å². The number of carbonyl (C=O) groups is 2. The van der Waals surface area contributed by atoms with E-state index in [9.17, 15) is 14.7 Å². The number of phenols is 1. The van der Waals surface area contributed by atoms with E-state index in [2.05, 4.69) is 0 Å². The Morgan fingerprint density at radius 1 is 0.871 bits per heavy atom. The summed E-state index contributed by atoms with van der Waals surface area (Å²) in [6.45, 7) is 0. The van der Waals surface area contributed by atoms with Crippen LogP contribution < -0.4 is 14.7 Å². The molecule has 0 saturated carbocycles. The summed E-state index contributed by atoms with van der Waals surface area (Å²) in [4.78, 5) is 34.2. The summed E-state index contributed by atoms with van der Waals surface area (Å²) in [6.07, 6.45) is -0.962. The van der Waals surface area contributed by atoms with Crippen molar-refractivity contribution in [2.75, 3.05) is 17.1 Å². The Morgan fingerprint density at radius 2 is 1.55 bits per heavy atom. The molecule has 2 aliphatic rings. The predicted octanol–water partition coefficient (Wildman–Crippen LogP) is 3.45. The average Bonchev–Trinajstić information content (AvgIpc) is 3.31. The Labute approximate surface area is 179 Å². The van der Waals surface area contributed by atoms with Crippen LogP contribution in [0, 0.1) is 5.92 Å². The number of rotatable bonds is 4. The molecular weight excluding hydrogens is 396 g/mol. The summed E-state index contributed by atoms with van der Waals surface area (Å²) >= 11 is 0. The smallest absolute Gasteiger partial charge is 0.266 e. The van der Waals surface area contributed by atoms with E-state index in [0.717, 1.165) is 16.2 Å². The van der Waals surface area contributed by atoms with Gasteiger partial charge in [0.2, 0.25) is 5.91 Å². The summed E-state index contributed by atoms with van der Waals surface area (Å²) in [6, 6.07) is 22.3. The Balaban J connectivity index is 1.60. The SMILES string of the molecule is COc1ccccc1N1C(=O)[C@@H]2[C@@H](c3ccc(O)cc3)N(c3ccccc3)O[C@H]2C1=O. The summed E-state index contributed by atoms with van der Waals surface area (Å²) in [5, 5.41) is 11.3. The van der Waals surface area contributed by atoms with Gasteiger partial charge in [-0.05, 0) is 42.0 Å². The molecule has 0 spiro atoms. The highest BCUT2D eigenvalue weighted by Gasteiger charge is 2.60. The first kappa shape index (κ1) is 19.1. The number of aromatic hydroxyl groups is 1. The van der Waals surface area contributed by atoms with E-state index in [1.807, 2.05) is 30.3 Å². The molecule has 2 fully saturated rings. The van der Waals surface area contributed by atoms with Crippen LogP contribution in [0.2, 0.25) is 0 Å². The molecule has 1 N–H and O–H groups in total. The lowest BCUT2D eigenvalue weighted by atomic mass is 9.90. The molecule has 7 heteroatoms. The Bertz CT molecular complexity index is 1130. The van der Waals surface area contributed by atoms with Crippen LogP contribution in [-0.2, 0) is 14.4 Å². The molecular formula is C24H20N2O5. The van der Waals surface area contributed by atoms with E-state index < -0.39 is 24.0 Å². The van der Waals surface area contributed by atoms with Gasteiger partial charge in [-0.25, -0.2) is 9.96 Å². The third-order valence-corrected chi connectivity index (χ3v) is 5.69. The van der Waals surface area contributed by atoms with Crippen LogP contribution in [0.5, 0.6) is 11.5 Å². The zero-order chi connectivity index (χ0) is 21.5. The van der Waals surface area contributed by atoms with Crippen LogP contribution in [0.15, 0.2) is 78.9 Å². The van der Waals surface area contributed by atoms with Gasteiger partial charge < -0.3 is 9.84 Å². The van der Waals surface area contributed by atoms with Gasteiger partial charge in [0.25, 0.3) is 5.91 Å². The minimum atomic E-state index is -0.962. The lowest BCUT2D eigenvalue weighted by Gasteiger charge is -2.29. The van der Waals surface area contributed by atoms with Gasteiger partial charge in [0, 0.05) is 0 Å². The van der Waals surface area contributed by atoms with Gasteiger partial charge in [0.05, 0.1) is 24.5 Å². The number of hydrogen-bond donors (Lipinski definition) is 1. The number of imide groups is 1. The number of nitrogens with zero attached hydrogens (tertiary/aromatic N) is 2. The molecule has 0 unspecified atom stereocenters. The monoisotopic (exact) mass is 416 g/mol. The van der Waals surface area contributed by atoms with Gasteiger partial charge in [-0.2, -0.15) is 0 Å². The third kappa shape index (κ3) is 3.02. The first-order chi connectivity index (χ1) is 15.1. The van der Waals surface area contributed by atoms with Gasteiger partial charge in [-0.1, -0.05) is 42.5 Å². The van der Waals surface area contributed by atoms with Gasteiger partial charge in [0.15, 0.2) is 6.10 Å². The maximum absolute atomic E-state index is 13.6. The van der Waals surface area contributed by atoms with Crippen LogP contribution >= 0.6 is 0 Å². The number of amides is 2. The van der Waals surface area contributed by atoms with Crippen molar-refractivity contribution in [1.82, 2.24) is 0 Å². The number of ether oxygens (including phenoxy) is 1. The van der Waals surface area contributed by atoms with E-state index in [-0.39, 0.29) is 11.7 Å². The molecule has 0 aliphatic carbocycles. The average molecular weight is 416 g/mol. The van der Waals surface area contributed by atoms with Crippen molar-refractivity contribution in [3.8, 4) is 11.5 Å². The van der Waals surface area contributed by atoms with Crippen molar-refractivity contribution >= 4 is 23.2 Å². The number of hydrogen-bond acceptors (Lipinski definition) is 6. The molecule has 3 atom stereocenters. The number of carbonyl (C=O) groups excluding carboxylic acids is 2. The van der Waals surface area contributed by atoms with E-state index >= 15 is 0 Å². The quantitative estimate of drug-likeness (QED) is 0.657. The van der Waals surface area contributed by atoms with E-state index in [1.165, 1.54) is 7.11 Å². The number of anilines is 2. The zero-order valence-electron chi connectivity index (χ0n) is 16.7. The predicted molar refractivity (Wildman–Crippen MR) is 114 cm³/mol. The highest BCUT2D eigenvalue weighted by Crippen LogP contribution is 2.48. The molecule has 2 amide bonds. The van der Waals surface area contributed by atoms with Crippen molar-refractivity contribution in [2.24, 2.45) is 5.92 Å². The molecule has 7 nitrogen and oxygen atoms in total. The molecule has 156 valence electrons. The number of methoxy groups -OCH3 is 1. The first-order valence-corrected chi connectivity index (χ1v) is 9.91. The highest BCUT2D eigenvalue weighted by molar-refractivity contribution is 6.24. The van der Waals surface area contributed by atoms with Crippen LogP contribution in [-0.4, -0.2) is 30.1 Å². The van der Waals surface area contributed by atoms with Crippen molar-refractivity contribution in [1.29, 1.82) is 0 Å². The summed E-state index contributed by atoms with van der Waals surface area (Å²) in [5.74, 6) is -0.972. The maximum Gasteiger partial charge on any atom is 0.266 e. The number of fused-ring (bicyclic) bond motifs is 1. The fourth-order valence-electron chi connectivity index (χ4n) is 4.28. The second-order valence-electron chi connectivity index (χ2n) is 7.43. The van der Waals surface area contributed by atoms with E-state index in [1.54, 1.807) is 53.6 Å². The molecule has 2 heterocycles. The first-order valence-electron chi connectivity index (χ1n) is 9.91. The Hall–Kier alpha value is -3.84. The number of para-hydroxylation sites is 3. The largest absolute Gasteiger partial charge is 0.508 e. The standard InChI is InChI=1S/C24H20N2O5/c1-30-19-10-6-5-9-18(19)25-23(28)20-21(15-11-13-17(27)14-12-15)26(31-22(20)24(25)29)16-7-3-2-4-8-16/h2-14,20-22,27H,1H3/t20-,21-,22-/m1/s1. The Morgan fingerprint density at radius 3 is 2.26 bits per heavy atom. The molecule has 31 heavy (non-hydrogen) atoms. The fraction of sp³-hybridized carbons (Fsp3) is 0.167. The zero-order valence-corrected chi connectivity index (χ0v) is 16.7. The molecule has 3 aromatic rings. The second-order valence-corrected chi connectivity index (χ2v) is 7.43. The molecule has 0 bridgehead atoms. The minimum absolute atomic E-state index is 0.120. The summed E-state index contributed by atoms with van der Waals surface area (Å²) in [5.41, 5.74) is 1.89. The molecule has 3 aromatic carbocycles. The summed E-state index contributed by atoms with van der Waals surface area (Å²) < 4.78 is 5.37. The molecule has 2 aliphatic heterocycles. The summed E-state index contributed by atoms with van der Waals surface area (Å²) in [7, 11) is 1.50. The Kier molecular flexibility index (Phi) is 4.60. The van der Waals surface area contributed by atoms with Crippen LogP contribution in [0.1, 0.15) is 11.6 Å². The van der Waals surface area contributed by atoms with Crippen LogP contribution in [0.4, 0.5) is 11.4 Å². The lowest BCUT2D eigenvalue weighted by molar-refractivity contribution is -0.126. The van der Waals surface area contributed by atoms with Gasteiger partial charge >= 0.3 is 0 Å². The minimum Gasteiger partial charge on any atom is -0.508 e. The molecule has 0 radical (unpaired) electrons. The van der Waals surface area contributed by atoms with Crippen LogP contribution in [0.3, 0.4) is 0 Å². The fourth-order valence-corrected chi connectivity index (χ4v) is 4.28. The van der Waals surface area contributed by atoms with E-state index in [4.69, 9.17) is 9.57 Å². The number of hydroxylamine groups is 1. The van der Waals surface area contributed by atoms with Crippen molar-refractivity contribution in [2.45, 2.75) is 12.1 Å².